The third-order valence-electron chi connectivity index (χ3n) is 4.57. The fourth-order valence-corrected chi connectivity index (χ4v) is 3.15. The van der Waals surface area contributed by atoms with Crippen LogP contribution in [0.1, 0.15) is 38.5 Å². The summed E-state index contributed by atoms with van der Waals surface area (Å²) in [6.45, 7) is 1.32. The summed E-state index contributed by atoms with van der Waals surface area (Å²) < 4.78 is 0. The normalized spacial score (nSPS) is 30.6. The van der Waals surface area contributed by atoms with Crippen molar-refractivity contribution in [3.63, 3.8) is 0 Å². The molecule has 1 saturated heterocycles. The van der Waals surface area contributed by atoms with Gasteiger partial charge in [0, 0.05) is 32.0 Å². The molecule has 1 heterocycles. The summed E-state index contributed by atoms with van der Waals surface area (Å²) in [6, 6.07) is 0.209. The van der Waals surface area contributed by atoms with Crippen LogP contribution in [0.5, 0.6) is 0 Å². The zero-order valence-corrected chi connectivity index (χ0v) is 13.0. The molecule has 1 aliphatic carbocycles. The maximum atomic E-state index is 12.3. The number of hydrogen-bond acceptors (Lipinski definition) is 3. The highest BCUT2D eigenvalue weighted by Gasteiger charge is 2.32. The second-order valence-electron chi connectivity index (χ2n) is 5.90. The summed E-state index contributed by atoms with van der Waals surface area (Å²) in [5.74, 6) is 0.376. The molecule has 0 radical (unpaired) electrons. The van der Waals surface area contributed by atoms with Crippen molar-refractivity contribution >= 4 is 24.2 Å². The first-order chi connectivity index (χ1) is 9.11. The third kappa shape index (κ3) is 4.09. The smallest absolute Gasteiger partial charge is 0.223 e. The monoisotopic (exact) mass is 303 g/mol. The van der Waals surface area contributed by atoms with Crippen LogP contribution in [0.15, 0.2) is 0 Å². The van der Waals surface area contributed by atoms with Crippen LogP contribution in [-0.4, -0.2) is 42.9 Å². The lowest BCUT2D eigenvalue weighted by Gasteiger charge is -2.34. The number of piperidine rings is 1. The zero-order valence-electron chi connectivity index (χ0n) is 12.1. The van der Waals surface area contributed by atoms with Crippen LogP contribution < -0.4 is 11.1 Å². The standard InChI is InChI=1S/C14H25N3O2.ClH/c1-17-7-6-10(8-13(17)18)14(19)16-12-5-3-2-4-11(12)9-15;/h10-12H,2-9,15H2,1H3,(H,16,19);1H. The number of nitrogens with one attached hydrogen (secondary N) is 1. The summed E-state index contributed by atoms with van der Waals surface area (Å²) in [6.07, 6.45) is 5.62. The summed E-state index contributed by atoms with van der Waals surface area (Å²) >= 11 is 0. The molecule has 0 aromatic heterocycles. The molecule has 20 heavy (non-hydrogen) atoms. The Kier molecular flexibility index (Phi) is 6.76. The molecule has 2 rings (SSSR count). The minimum Gasteiger partial charge on any atom is -0.353 e. The molecule has 2 fully saturated rings. The van der Waals surface area contributed by atoms with Crippen molar-refractivity contribution in [3.05, 3.63) is 0 Å². The summed E-state index contributed by atoms with van der Waals surface area (Å²) in [7, 11) is 1.79. The van der Waals surface area contributed by atoms with Crippen molar-refractivity contribution in [1.29, 1.82) is 0 Å². The van der Waals surface area contributed by atoms with E-state index in [4.69, 9.17) is 5.73 Å². The van der Waals surface area contributed by atoms with E-state index in [1.165, 1.54) is 6.42 Å². The van der Waals surface area contributed by atoms with Gasteiger partial charge in [-0.05, 0) is 31.7 Å². The summed E-state index contributed by atoms with van der Waals surface area (Å²) in [5.41, 5.74) is 5.78. The maximum Gasteiger partial charge on any atom is 0.223 e. The number of nitrogens with zero attached hydrogens (tertiary/aromatic N) is 1. The van der Waals surface area contributed by atoms with Crippen LogP contribution in [0.25, 0.3) is 0 Å². The minimum atomic E-state index is -0.149. The van der Waals surface area contributed by atoms with Gasteiger partial charge in [0.1, 0.15) is 0 Å². The predicted molar refractivity (Wildman–Crippen MR) is 80.6 cm³/mol. The Balaban J connectivity index is 0.00000200. The molecule has 3 unspecified atom stereocenters. The summed E-state index contributed by atoms with van der Waals surface area (Å²) in [5, 5.41) is 3.14. The Labute approximate surface area is 127 Å². The van der Waals surface area contributed by atoms with Gasteiger partial charge in [0.2, 0.25) is 11.8 Å². The number of rotatable bonds is 3. The number of amides is 2. The molecule has 1 aliphatic heterocycles. The minimum absolute atomic E-state index is 0. The van der Waals surface area contributed by atoms with E-state index in [9.17, 15) is 9.59 Å². The highest BCUT2D eigenvalue weighted by molar-refractivity contribution is 5.87. The van der Waals surface area contributed by atoms with E-state index >= 15 is 0 Å². The van der Waals surface area contributed by atoms with Crippen LogP contribution in [0.3, 0.4) is 0 Å². The molecule has 0 aromatic rings. The van der Waals surface area contributed by atoms with Gasteiger partial charge in [-0.2, -0.15) is 0 Å². The topological polar surface area (TPSA) is 75.4 Å². The molecular formula is C14H26ClN3O2. The molecule has 1 saturated carbocycles. The highest BCUT2D eigenvalue weighted by atomic mass is 35.5. The summed E-state index contributed by atoms with van der Waals surface area (Å²) in [4.78, 5) is 25.6. The zero-order chi connectivity index (χ0) is 13.8. The number of likely N-dealkylation sites (tertiary alicyclic amines) is 1. The van der Waals surface area contributed by atoms with Gasteiger partial charge >= 0.3 is 0 Å². The van der Waals surface area contributed by atoms with Crippen molar-refractivity contribution in [1.82, 2.24) is 10.2 Å². The second-order valence-corrected chi connectivity index (χ2v) is 5.90. The number of hydrogen-bond donors (Lipinski definition) is 2. The van der Waals surface area contributed by atoms with Gasteiger partial charge in [-0.3, -0.25) is 9.59 Å². The number of nitrogens with two attached hydrogens (primary N) is 1. The fraction of sp³-hybridized carbons (Fsp3) is 0.857. The van der Waals surface area contributed by atoms with Crippen molar-refractivity contribution in [3.8, 4) is 0 Å². The first-order valence-electron chi connectivity index (χ1n) is 7.36. The quantitative estimate of drug-likeness (QED) is 0.814. The maximum absolute atomic E-state index is 12.3. The molecule has 5 nitrogen and oxygen atoms in total. The van der Waals surface area contributed by atoms with E-state index in [2.05, 4.69) is 5.32 Å². The molecule has 0 spiro atoms. The van der Waals surface area contributed by atoms with Gasteiger partial charge in [-0.15, -0.1) is 12.4 Å². The lowest BCUT2D eigenvalue weighted by molar-refractivity contribution is -0.139. The Morgan fingerprint density at radius 2 is 2.05 bits per heavy atom. The first kappa shape index (κ1) is 17.2. The largest absolute Gasteiger partial charge is 0.353 e. The lowest BCUT2D eigenvalue weighted by Crippen LogP contribution is -2.49. The molecule has 6 heteroatoms. The first-order valence-corrected chi connectivity index (χ1v) is 7.36. The molecule has 3 atom stereocenters. The van der Waals surface area contributed by atoms with Gasteiger partial charge < -0.3 is 16.0 Å². The molecular weight excluding hydrogens is 278 g/mol. The number of carbonyl (C=O) groups is 2. The molecule has 116 valence electrons. The Morgan fingerprint density at radius 3 is 2.70 bits per heavy atom. The molecule has 2 aliphatic rings. The van der Waals surface area contributed by atoms with Crippen molar-refractivity contribution in [2.75, 3.05) is 20.1 Å². The van der Waals surface area contributed by atoms with E-state index in [1.807, 2.05) is 0 Å². The highest BCUT2D eigenvalue weighted by Crippen LogP contribution is 2.25. The second kappa shape index (κ2) is 7.84. The fourth-order valence-electron chi connectivity index (χ4n) is 3.15. The van der Waals surface area contributed by atoms with Gasteiger partial charge in [0.25, 0.3) is 0 Å². The van der Waals surface area contributed by atoms with Gasteiger partial charge in [0.15, 0.2) is 0 Å². The van der Waals surface area contributed by atoms with Gasteiger partial charge in [0.05, 0.1) is 0 Å². The van der Waals surface area contributed by atoms with Crippen LogP contribution in [-0.2, 0) is 9.59 Å². The average Bonchev–Trinajstić information content (AvgIpc) is 2.42. The number of carbonyl (C=O) groups excluding carboxylic acids is 2. The number of halogens is 1. The lowest BCUT2D eigenvalue weighted by atomic mass is 9.84. The Bertz CT molecular complexity index is 351. The SMILES string of the molecule is CN1CCC(C(=O)NC2CCCCC2CN)CC1=O.Cl. The Hall–Kier alpha value is -0.810. The Morgan fingerprint density at radius 1 is 1.35 bits per heavy atom. The predicted octanol–water partition coefficient (Wildman–Crippen LogP) is 0.910. The van der Waals surface area contributed by atoms with Gasteiger partial charge in [-0.25, -0.2) is 0 Å². The molecule has 0 bridgehead atoms. The van der Waals surface area contributed by atoms with Crippen LogP contribution >= 0.6 is 12.4 Å². The van der Waals surface area contributed by atoms with Crippen molar-refractivity contribution in [2.24, 2.45) is 17.6 Å². The van der Waals surface area contributed by atoms with E-state index in [0.717, 1.165) is 25.7 Å². The van der Waals surface area contributed by atoms with Crippen molar-refractivity contribution < 1.29 is 9.59 Å². The van der Waals surface area contributed by atoms with Crippen molar-refractivity contribution in [2.45, 2.75) is 44.6 Å². The molecule has 2 amide bonds. The van der Waals surface area contributed by atoms with Crippen LogP contribution in [0.4, 0.5) is 0 Å². The average molecular weight is 304 g/mol. The van der Waals surface area contributed by atoms with Crippen LogP contribution in [0, 0.1) is 11.8 Å². The third-order valence-corrected chi connectivity index (χ3v) is 4.57. The van der Waals surface area contributed by atoms with E-state index in [0.29, 0.717) is 25.4 Å². The molecule has 3 N–H and O–H groups in total. The van der Waals surface area contributed by atoms with E-state index in [-0.39, 0.29) is 36.2 Å². The molecule has 0 aromatic carbocycles. The van der Waals surface area contributed by atoms with E-state index < -0.39 is 0 Å². The van der Waals surface area contributed by atoms with Crippen LogP contribution in [0.2, 0.25) is 0 Å². The van der Waals surface area contributed by atoms with Gasteiger partial charge in [-0.1, -0.05) is 12.8 Å². The van der Waals surface area contributed by atoms with E-state index in [1.54, 1.807) is 11.9 Å².